The van der Waals surface area contributed by atoms with Crippen molar-refractivity contribution < 1.29 is 9.53 Å². The average Bonchev–Trinajstić information content (AvgIpc) is 2.91. The summed E-state index contributed by atoms with van der Waals surface area (Å²) in [5.41, 5.74) is 2.16. The highest BCUT2D eigenvalue weighted by Gasteiger charge is 2.23. The Bertz CT molecular complexity index is 919. The van der Waals surface area contributed by atoms with Crippen molar-refractivity contribution in [3.05, 3.63) is 30.7 Å². The van der Waals surface area contributed by atoms with E-state index < -0.39 is 6.10 Å². The lowest BCUT2D eigenvalue weighted by atomic mass is 10.2. The number of anilines is 3. The molecule has 1 aliphatic heterocycles. The van der Waals surface area contributed by atoms with Crippen molar-refractivity contribution in [2.45, 2.75) is 13.0 Å². The lowest BCUT2D eigenvalue weighted by Gasteiger charge is -2.23. The molecule has 0 radical (unpaired) electrons. The normalized spacial score (nSPS) is 16.6. The number of carbonyl (C=O) groups is 1. The first-order valence-corrected chi connectivity index (χ1v) is 7.13. The number of carbonyl (C=O) groups excluding carboxylic acids is 1. The molecule has 0 bridgehead atoms. The summed E-state index contributed by atoms with van der Waals surface area (Å²) in [5, 5.41) is 11.1. The summed E-state index contributed by atoms with van der Waals surface area (Å²) in [6.45, 7) is 1.71. The first-order valence-electron chi connectivity index (χ1n) is 7.13. The number of ether oxygens (including phenoxy) is 1. The van der Waals surface area contributed by atoms with Crippen molar-refractivity contribution in [2.75, 3.05) is 10.6 Å². The molecule has 0 fully saturated rings. The van der Waals surface area contributed by atoms with Crippen LogP contribution in [0.1, 0.15) is 6.92 Å². The van der Waals surface area contributed by atoms with Gasteiger partial charge in [0.2, 0.25) is 0 Å². The lowest BCUT2D eigenvalue weighted by molar-refractivity contribution is -0.122. The molecule has 4 rings (SSSR count). The van der Waals surface area contributed by atoms with Crippen LogP contribution >= 0.6 is 0 Å². The summed E-state index contributed by atoms with van der Waals surface area (Å²) in [5.74, 6) is 1.14. The van der Waals surface area contributed by atoms with Gasteiger partial charge in [0.15, 0.2) is 11.8 Å². The van der Waals surface area contributed by atoms with E-state index in [-0.39, 0.29) is 5.91 Å². The Morgan fingerprint density at radius 3 is 3.09 bits per heavy atom. The van der Waals surface area contributed by atoms with Crippen molar-refractivity contribution in [3.8, 4) is 5.75 Å². The first kappa shape index (κ1) is 13.5. The Labute approximate surface area is 131 Å². The second kappa shape index (κ2) is 4.94. The molecule has 1 atom stereocenters. The van der Waals surface area contributed by atoms with E-state index in [0.717, 1.165) is 16.7 Å². The van der Waals surface area contributed by atoms with Crippen LogP contribution in [0.3, 0.4) is 0 Å². The third-order valence-electron chi connectivity index (χ3n) is 3.70. The largest absolute Gasteiger partial charge is 0.479 e. The van der Waals surface area contributed by atoms with Crippen molar-refractivity contribution in [1.82, 2.24) is 19.7 Å². The van der Waals surface area contributed by atoms with Crippen LogP contribution in [0.25, 0.3) is 11.0 Å². The zero-order chi connectivity index (χ0) is 16.0. The summed E-state index contributed by atoms with van der Waals surface area (Å²) in [6, 6.07) is 5.49. The minimum atomic E-state index is -0.488. The Hall–Kier alpha value is -3.16. The predicted molar refractivity (Wildman–Crippen MR) is 84.7 cm³/mol. The maximum atomic E-state index is 11.7. The van der Waals surface area contributed by atoms with E-state index in [2.05, 4.69) is 25.7 Å². The first-order chi connectivity index (χ1) is 11.1. The van der Waals surface area contributed by atoms with Crippen LogP contribution < -0.4 is 15.4 Å². The summed E-state index contributed by atoms with van der Waals surface area (Å²) < 4.78 is 7.23. The molecule has 0 saturated heterocycles. The molecule has 8 nitrogen and oxygen atoms in total. The van der Waals surface area contributed by atoms with Crippen molar-refractivity contribution >= 4 is 34.1 Å². The van der Waals surface area contributed by atoms with Crippen molar-refractivity contribution in [2.24, 2.45) is 7.05 Å². The molecule has 0 unspecified atom stereocenters. The standard InChI is InChI=1S/C15H14N6O2/c1-8-15(22)20-11-5-9(3-4-12(11)23-8)19-13-10-6-18-21(2)14(10)17-7-16-13/h3-8H,1-2H3,(H,20,22)(H,16,17,19)/t8-/m1/s1. The van der Waals surface area contributed by atoms with Crippen molar-refractivity contribution in [3.63, 3.8) is 0 Å². The maximum absolute atomic E-state index is 11.7. The highest BCUT2D eigenvalue weighted by Crippen LogP contribution is 2.33. The Morgan fingerprint density at radius 2 is 2.22 bits per heavy atom. The molecular formula is C15H14N6O2. The summed E-state index contributed by atoms with van der Waals surface area (Å²) in [6.07, 6.45) is 2.71. The zero-order valence-corrected chi connectivity index (χ0v) is 12.6. The molecule has 0 spiro atoms. The van der Waals surface area contributed by atoms with Gasteiger partial charge >= 0.3 is 0 Å². The maximum Gasteiger partial charge on any atom is 0.265 e. The quantitative estimate of drug-likeness (QED) is 0.750. The molecule has 116 valence electrons. The molecule has 1 amide bonds. The minimum absolute atomic E-state index is 0.161. The molecule has 1 aliphatic rings. The molecule has 0 aliphatic carbocycles. The van der Waals surface area contributed by atoms with Gasteiger partial charge in [0.25, 0.3) is 5.91 Å². The zero-order valence-electron chi connectivity index (χ0n) is 12.6. The van der Waals surface area contributed by atoms with E-state index in [1.54, 1.807) is 17.8 Å². The fourth-order valence-electron chi connectivity index (χ4n) is 2.48. The van der Waals surface area contributed by atoms with Crippen LogP contribution in [0.15, 0.2) is 30.7 Å². The number of amides is 1. The van der Waals surface area contributed by atoms with Crippen molar-refractivity contribution in [1.29, 1.82) is 0 Å². The molecule has 1 aromatic carbocycles. The van der Waals surface area contributed by atoms with Gasteiger partial charge in [0.05, 0.1) is 17.3 Å². The number of rotatable bonds is 2. The topological polar surface area (TPSA) is 94.0 Å². The second-order valence-electron chi connectivity index (χ2n) is 5.31. The van der Waals surface area contributed by atoms with Gasteiger partial charge in [-0.05, 0) is 25.1 Å². The number of aromatic nitrogens is 4. The van der Waals surface area contributed by atoms with Gasteiger partial charge in [-0.15, -0.1) is 0 Å². The fraction of sp³-hybridized carbons (Fsp3) is 0.200. The van der Waals surface area contributed by atoms with E-state index in [4.69, 9.17) is 4.74 Å². The SMILES string of the molecule is C[C@H]1Oc2ccc(Nc3ncnc4c3cnn4C)cc2NC1=O. The third kappa shape index (κ3) is 2.24. The average molecular weight is 310 g/mol. The van der Waals surface area contributed by atoms with E-state index in [0.29, 0.717) is 17.3 Å². The van der Waals surface area contributed by atoms with E-state index in [1.807, 2.05) is 25.2 Å². The number of hydrogen-bond donors (Lipinski definition) is 2. The van der Waals surface area contributed by atoms with Crippen LogP contribution in [0.4, 0.5) is 17.2 Å². The summed E-state index contributed by atoms with van der Waals surface area (Å²) >= 11 is 0. The van der Waals surface area contributed by atoms with E-state index >= 15 is 0 Å². The molecule has 0 saturated carbocycles. The number of hydrogen-bond acceptors (Lipinski definition) is 6. The fourth-order valence-corrected chi connectivity index (χ4v) is 2.48. The van der Waals surface area contributed by atoms with Crippen LogP contribution in [0.2, 0.25) is 0 Å². The molecular weight excluding hydrogens is 296 g/mol. The Morgan fingerprint density at radius 1 is 1.35 bits per heavy atom. The van der Waals surface area contributed by atoms with Gasteiger partial charge in [-0.3, -0.25) is 9.48 Å². The van der Waals surface area contributed by atoms with Gasteiger partial charge in [-0.1, -0.05) is 0 Å². The van der Waals surface area contributed by atoms with Crippen LogP contribution in [0.5, 0.6) is 5.75 Å². The molecule has 23 heavy (non-hydrogen) atoms. The Kier molecular flexibility index (Phi) is 2.90. The minimum Gasteiger partial charge on any atom is -0.479 e. The second-order valence-corrected chi connectivity index (χ2v) is 5.31. The van der Waals surface area contributed by atoms with Crippen LogP contribution in [0, 0.1) is 0 Å². The van der Waals surface area contributed by atoms with E-state index in [9.17, 15) is 4.79 Å². The van der Waals surface area contributed by atoms with Gasteiger partial charge in [-0.25, -0.2) is 9.97 Å². The van der Waals surface area contributed by atoms with E-state index in [1.165, 1.54) is 6.33 Å². The number of aryl methyl sites for hydroxylation is 1. The number of benzene rings is 1. The van der Waals surface area contributed by atoms with Gasteiger partial charge < -0.3 is 15.4 Å². The molecule has 2 aromatic heterocycles. The Balaban J connectivity index is 1.69. The molecule has 2 N–H and O–H groups in total. The lowest BCUT2D eigenvalue weighted by Crippen LogP contribution is -2.34. The monoisotopic (exact) mass is 310 g/mol. The van der Waals surface area contributed by atoms with Crippen LogP contribution in [-0.4, -0.2) is 31.8 Å². The number of nitrogens with one attached hydrogen (secondary N) is 2. The third-order valence-corrected chi connectivity index (χ3v) is 3.70. The predicted octanol–water partition coefficient (Wildman–Crippen LogP) is 1.83. The molecule has 3 aromatic rings. The molecule has 3 heterocycles. The van der Waals surface area contributed by atoms with Gasteiger partial charge in [0, 0.05) is 12.7 Å². The smallest absolute Gasteiger partial charge is 0.265 e. The van der Waals surface area contributed by atoms with Crippen LogP contribution in [-0.2, 0) is 11.8 Å². The summed E-state index contributed by atoms with van der Waals surface area (Å²) in [7, 11) is 1.83. The summed E-state index contributed by atoms with van der Waals surface area (Å²) in [4.78, 5) is 20.2. The number of nitrogens with zero attached hydrogens (tertiary/aromatic N) is 4. The van der Waals surface area contributed by atoms with Gasteiger partial charge in [-0.2, -0.15) is 5.10 Å². The highest BCUT2D eigenvalue weighted by molar-refractivity contribution is 5.98. The highest BCUT2D eigenvalue weighted by atomic mass is 16.5. The molecule has 8 heteroatoms. The number of fused-ring (bicyclic) bond motifs is 2. The van der Waals surface area contributed by atoms with Gasteiger partial charge in [0.1, 0.15) is 17.9 Å².